The second-order valence-corrected chi connectivity index (χ2v) is 6.69. The number of imide groups is 1. The SMILES string of the molecule is CCCCNC(=O)NC(=O)CN1CCN(C(=O)c2ccc(C)c(F)c2)CC1. The Balaban J connectivity index is 1.76. The van der Waals surface area contributed by atoms with Crippen molar-refractivity contribution >= 4 is 17.8 Å². The lowest BCUT2D eigenvalue weighted by Gasteiger charge is -2.34. The van der Waals surface area contributed by atoms with Crippen molar-refractivity contribution in [1.29, 1.82) is 0 Å². The first-order chi connectivity index (χ1) is 12.9. The lowest BCUT2D eigenvalue weighted by Crippen LogP contribution is -2.52. The second-order valence-electron chi connectivity index (χ2n) is 6.69. The fourth-order valence-electron chi connectivity index (χ4n) is 2.81. The number of hydrogen-bond acceptors (Lipinski definition) is 4. The Morgan fingerprint density at radius 2 is 1.85 bits per heavy atom. The topological polar surface area (TPSA) is 81.8 Å². The van der Waals surface area contributed by atoms with E-state index < -0.39 is 11.8 Å². The molecule has 1 aromatic carbocycles. The van der Waals surface area contributed by atoms with Gasteiger partial charge < -0.3 is 10.2 Å². The number of piperazine rings is 1. The number of halogens is 1. The van der Waals surface area contributed by atoms with Crippen LogP contribution in [0.2, 0.25) is 0 Å². The van der Waals surface area contributed by atoms with Gasteiger partial charge in [0.25, 0.3) is 5.91 Å². The molecule has 0 atom stereocenters. The molecule has 8 heteroatoms. The van der Waals surface area contributed by atoms with Crippen molar-refractivity contribution in [2.24, 2.45) is 0 Å². The van der Waals surface area contributed by atoms with Gasteiger partial charge in [0.05, 0.1) is 6.54 Å². The van der Waals surface area contributed by atoms with E-state index in [2.05, 4.69) is 10.6 Å². The number of aryl methyl sites for hydroxylation is 1. The van der Waals surface area contributed by atoms with E-state index in [1.807, 2.05) is 11.8 Å². The Labute approximate surface area is 158 Å². The normalized spacial score (nSPS) is 14.7. The van der Waals surface area contributed by atoms with Crippen LogP contribution in [0.25, 0.3) is 0 Å². The molecule has 2 N–H and O–H groups in total. The van der Waals surface area contributed by atoms with E-state index in [1.54, 1.807) is 24.0 Å². The molecule has 0 saturated carbocycles. The van der Waals surface area contributed by atoms with Crippen LogP contribution < -0.4 is 10.6 Å². The maximum absolute atomic E-state index is 13.7. The molecule has 1 aromatic rings. The summed E-state index contributed by atoms with van der Waals surface area (Å²) < 4.78 is 13.7. The van der Waals surface area contributed by atoms with Gasteiger partial charge >= 0.3 is 6.03 Å². The van der Waals surface area contributed by atoms with Crippen LogP contribution in [0.5, 0.6) is 0 Å². The quantitative estimate of drug-likeness (QED) is 0.736. The molecule has 0 aromatic heterocycles. The number of amides is 4. The molecule has 27 heavy (non-hydrogen) atoms. The maximum Gasteiger partial charge on any atom is 0.321 e. The molecule has 2 rings (SSSR count). The minimum Gasteiger partial charge on any atom is -0.338 e. The van der Waals surface area contributed by atoms with Crippen molar-refractivity contribution in [3.63, 3.8) is 0 Å². The Bertz CT molecular complexity index is 688. The summed E-state index contributed by atoms with van der Waals surface area (Å²) in [4.78, 5) is 39.5. The smallest absolute Gasteiger partial charge is 0.321 e. The molecule has 1 fully saturated rings. The van der Waals surface area contributed by atoms with Gasteiger partial charge in [0.2, 0.25) is 5.91 Å². The van der Waals surface area contributed by atoms with Gasteiger partial charge in [0.15, 0.2) is 0 Å². The molecule has 0 aliphatic carbocycles. The monoisotopic (exact) mass is 378 g/mol. The Morgan fingerprint density at radius 3 is 2.48 bits per heavy atom. The summed E-state index contributed by atoms with van der Waals surface area (Å²) in [6.07, 6.45) is 1.83. The third-order valence-corrected chi connectivity index (χ3v) is 4.51. The Morgan fingerprint density at radius 1 is 1.15 bits per heavy atom. The van der Waals surface area contributed by atoms with Crippen LogP contribution in [0.4, 0.5) is 9.18 Å². The second kappa shape index (κ2) is 10.0. The summed E-state index contributed by atoms with van der Waals surface area (Å²) in [5.41, 5.74) is 0.828. The standard InChI is InChI=1S/C19H27FN4O3/c1-3-4-7-21-19(27)22-17(25)13-23-8-10-24(11-9-23)18(26)15-6-5-14(2)16(20)12-15/h5-6,12H,3-4,7-11,13H2,1-2H3,(H2,21,22,25,27). The third-order valence-electron chi connectivity index (χ3n) is 4.51. The van der Waals surface area contributed by atoms with E-state index in [1.165, 1.54) is 6.07 Å². The summed E-state index contributed by atoms with van der Waals surface area (Å²) in [5, 5.41) is 4.93. The number of rotatable bonds is 6. The maximum atomic E-state index is 13.7. The molecule has 1 heterocycles. The average molecular weight is 378 g/mol. The summed E-state index contributed by atoms with van der Waals surface area (Å²) in [6, 6.07) is 3.99. The first-order valence-electron chi connectivity index (χ1n) is 9.26. The fourth-order valence-corrected chi connectivity index (χ4v) is 2.81. The van der Waals surface area contributed by atoms with Crippen molar-refractivity contribution < 1.29 is 18.8 Å². The molecule has 148 valence electrons. The summed E-state index contributed by atoms with van der Waals surface area (Å²) in [7, 11) is 0. The van der Waals surface area contributed by atoms with Crippen molar-refractivity contribution in [1.82, 2.24) is 20.4 Å². The van der Waals surface area contributed by atoms with Gasteiger partial charge in [-0.3, -0.25) is 19.8 Å². The first kappa shape index (κ1) is 20.8. The number of unbranched alkanes of at least 4 members (excludes halogenated alkanes) is 1. The number of carbonyl (C=O) groups is 3. The number of urea groups is 1. The van der Waals surface area contributed by atoms with E-state index in [9.17, 15) is 18.8 Å². The summed E-state index contributed by atoms with van der Waals surface area (Å²) in [6.45, 7) is 6.24. The molecule has 1 saturated heterocycles. The van der Waals surface area contributed by atoms with Crippen LogP contribution in [-0.4, -0.2) is 66.9 Å². The van der Waals surface area contributed by atoms with Crippen LogP contribution in [-0.2, 0) is 4.79 Å². The highest BCUT2D eigenvalue weighted by molar-refractivity contribution is 5.95. The summed E-state index contributed by atoms with van der Waals surface area (Å²) >= 11 is 0. The molecular formula is C19H27FN4O3. The van der Waals surface area contributed by atoms with Crippen LogP contribution in [0.15, 0.2) is 18.2 Å². The van der Waals surface area contributed by atoms with Crippen molar-refractivity contribution in [2.75, 3.05) is 39.3 Å². The van der Waals surface area contributed by atoms with Gasteiger partial charge in [-0.05, 0) is 31.0 Å². The van der Waals surface area contributed by atoms with E-state index in [-0.39, 0.29) is 18.4 Å². The fraction of sp³-hybridized carbons (Fsp3) is 0.526. The van der Waals surface area contributed by atoms with Gasteiger partial charge in [-0.25, -0.2) is 9.18 Å². The van der Waals surface area contributed by atoms with E-state index in [0.717, 1.165) is 12.8 Å². The molecule has 0 spiro atoms. The number of benzene rings is 1. The zero-order valence-corrected chi connectivity index (χ0v) is 15.9. The predicted molar refractivity (Wildman–Crippen MR) is 99.9 cm³/mol. The molecular weight excluding hydrogens is 351 g/mol. The molecule has 1 aliphatic heterocycles. The minimum absolute atomic E-state index is 0.0996. The zero-order valence-electron chi connectivity index (χ0n) is 15.9. The van der Waals surface area contributed by atoms with E-state index >= 15 is 0 Å². The highest BCUT2D eigenvalue weighted by atomic mass is 19.1. The van der Waals surface area contributed by atoms with Crippen molar-refractivity contribution in [2.45, 2.75) is 26.7 Å². The van der Waals surface area contributed by atoms with Crippen LogP contribution in [0, 0.1) is 12.7 Å². The minimum atomic E-state index is -0.483. The van der Waals surface area contributed by atoms with E-state index in [0.29, 0.717) is 43.9 Å². The number of carbonyl (C=O) groups excluding carboxylic acids is 3. The highest BCUT2D eigenvalue weighted by Crippen LogP contribution is 2.13. The number of nitrogens with zero attached hydrogens (tertiary/aromatic N) is 2. The summed E-state index contributed by atoms with van der Waals surface area (Å²) in [5.74, 6) is -0.981. The van der Waals surface area contributed by atoms with Crippen molar-refractivity contribution in [3.8, 4) is 0 Å². The average Bonchev–Trinajstić information content (AvgIpc) is 2.64. The molecule has 0 bridgehead atoms. The molecule has 7 nitrogen and oxygen atoms in total. The van der Waals surface area contributed by atoms with Gasteiger partial charge in [-0.15, -0.1) is 0 Å². The van der Waals surface area contributed by atoms with Gasteiger partial charge in [0.1, 0.15) is 5.82 Å². The van der Waals surface area contributed by atoms with Gasteiger partial charge in [-0.2, -0.15) is 0 Å². The lowest BCUT2D eigenvalue weighted by molar-refractivity contribution is -0.121. The number of nitrogens with one attached hydrogen (secondary N) is 2. The molecule has 0 unspecified atom stereocenters. The zero-order chi connectivity index (χ0) is 19.8. The Kier molecular flexibility index (Phi) is 7.72. The number of hydrogen-bond donors (Lipinski definition) is 2. The highest BCUT2D eigenvalue weighted by Gasteiger charge is 2.24. The van der Waals surface area contributed by atoms with Crippen LogP contribution >= 0.6 is 0 Å². The van der Waals surface area contributed by atoms with Gasteiger partial charge in [0, 0.05) is 38.3 Å². The molecule has 4 amide bonds. The van der Waals surface area contributed by atoms with Crippen LogP contribution in [0.1, 0.15) is 35.7 Å². The molecule has 1 aliphatic rings. The van der Waals surface area contributed by atoms with Crippen LogP contribution in [0.3, 0.4) is 0 Å². The lowest BCUT2D eigenvalue weighted by atomic mass is 10.1. The predicted octanol–water partition coefficient (Wildman–Crippen LogP) is 1.52. The largest absolute Gasteiger partial charge is 0.338 e. The first-order valence-corrected chi connectivity index (χ1v) is 9.26. The van der Waals surface area contributed by atoms with Crippen molar-refractivity contribution in [3.05, 3.63) is 35.1 Å². The third kappa shape index (κ3) is 6.32. The van der Waals surface area contributed by atoms with Gasteiger partial charge in [-0.1, -0.05) is 19.4 Å². The molecule has 0 radical (unpaired) electrons. The Hall–Kier alpha value is -2.48. The van der Waals surface area contributed by atoms with E-state index in [4.69, 9.17) is 0 Å².